The SMILES string of the molecule is CCCSSCC1OC(n2cnc(C=O)c2NF)CC1C. The molecule has 2 heterocycles. The van der Waals surface area contributed by atoms with Gasteiger partial charge in [0, 0.05) is 11.5 Å². The Balaban J connectivity index is 1.97. The third-order valence-corrected chi connectivity index (χ3v) is 6.09. The number of carbonyl (C=O) groups is 1. The maximum Gasteiger partial charge on any atom is 0.172 e. The van der Waals surface area contributed by atoms with Crippen LogP contribution in [0, 0.1) is 5.92 Å². The van der Waals surface area contributed by atoms with Crippen LogP contribution in [0.4, 0.5) is 10.3 Å². The maximum atomic E-state index is 12.9. The molecule has 8 heteroatoms. The van der Waals surface area contributed by atoms with Gasteiger partial charge in [0.25, 0.3) is 0 Å². The summed E-state index contributed by atoms with van der Waals surface area (Å²) in [6, 6.07) is 0. The lowest BCUT2D eigenvalue weighted by molar-refractivity contribution is 0.00916. The number of ether oxygens (including phenoxy) is 1. The van der Waals surface area contributed by atoms with E-state index in [0.717, 1.165) is 24.3 Å². The second kappa shape index (κ2) is 8.05. The molecule has 5 nitrogen and oxygen atoms in total. The average molecular weight is 333 g/mol. The molecule has 21 heavy (non-hydrogen) atoms. The van der Waals surface area contributed by atoms with Crippen LogP contribution in [0.2, 0.25) is 0 Å². The Labute approximate surface area is 131 Å². The third-order valence-electron chi connectivity index (χ3n) is 3.48. The molecule has 1 aromatic heterocycles. The van der Waals surface area contributed by atoms with Crippen molar-refractivity contribution in [3.8, 4) is 0 Å². The summed E-state index contributed by atoms with van der Waals surface area (Å²) >= 11 is 0. The molecule has 0 spiro atoms. The van der Waals surface area contributed by atoms with Gasteiger partial charge in [0.2, 0.25) is 0 Å². The second-order valence-corrected chi connectivity index (χ2v) is 7.67. The summed E-state index contributed by atoms with van der Waals surface area (Å²) in [5.41, 5.74) is 1.60. The molecule has 1 fully saturated rings. The van der Waals surface area contributed by atoms with Crippen molar-refractivity contribution in [1.82, 2.24) is 9.55 Å². The molecule has 0 bridgehead atoms. The smallest absolute Gasteiger partial charge is 0.172 e. The molecular formula is C13H20FN3O2S2. The normalized spacial score (nSPS) is 25.2. The number of halogens is 1. The van der Waals surface area contributed by atoms with Crippen LogP contribution >= 0.6 is 21.6 Å². The summed E-state index contributed by atoms with van der Waals surface area (Å²) in [6.07, 6.45) is 3.79. The number of hydrogen-bond donors (Lipinski definition) is 1. The number of carbonyl (C=O) groups excluding carboxylic acids is 1. The van der Waals surface area contributed by atoms with Crippen LogP contribution in [0.25, 0.3) is 0 Å². The van der Waals surface area contributed by atoms with Gasteiger partial charge in [-0.25, -0.2) is 10.5 Å². The standard InChI is InChI=1S/C13H20FN3O2S2/c1-3-4-20-21-7-11-9(2)5-12(19-11)17-8-15-10(6-18)13(17)16-14/h6,8-9,11-12,16H,3-5,7H2,1-2H3. The van der Waals surface area contributed by atoms with Crippen LogP contribution in [0.1, 0.15) is 43.4 Å². The monoisotopic (exact) mass is 333 g/mol. The van der Waals surface area contributed by atoms with Crippen molar-refractivity contribution < 1.29 is 14.0 Å². The predicted molar refractivity (Wildman–Crippen MR) is 85.2 cm³/mol. The maximum absolute atomic E-state index is 12.9. The molecule has 1 saturated heterocycles. The van der Waals surface area contributed by atoms with Crippen molar-refractivity contribution >= 4 is 33.7 Å². The fraction of sp³-hybridized carbons (Fsp3) is 0.692. The van der Waals surface area contributed by atoms with Crippen LogP contribution in [0.5, 0.6) is 0 Å². The first-order valence-corrected chi connectivity index (χ1v) is 9.48. The van der Waals surface area contributed by atoms with Gasteiger partial charge in [0.05, 0.1) is 12.4 Å². The molecule has 3 unspecified atom stereocenters. The number of anilines is 1. The van der Waals surface area contributed by atoms with Crippen LogP contribution in [0.3, 0.4) is 0 Å². The minimum atomic E-state index is -0.277. The minimum Gasteiger partial charge on any atom is -0.354 e. The lowest BCUT2D eigenvalue weighted by Crippen LogP contribution is -2.17. The number of aldehydes is 1. The highest BCUT2D eigenvalue weighted by Crippen LogP contribution is 2.38. The molecule has 1 N–H and O–H groups in total. The molecule has 1 aromatic rings. The van der Waals surface area contributed by atoms with E-state index in [0.29, 0.717) is 12.2 Å². The van der Waals surface area contributed by atoms with Gasteiger partial charge in [-0.1, -0.05) is 35.4 Å². The first-order valence-electron chi connectivity index (χ1n) is 6.99. The van der Waals surface area contributed by atoms with Gasteiger partial charge < -0.3 is 4.74 Å². The van der Waals surface area contributed by atoms with Crippen LogP contribution in [0.15, 0.2) is 6.33 Å². The summed E-state index contributed by atoms with van der Waals surface area (Å²) in [6.45, 7) is 4.29. The molecule has 0 amide bonds. The highest BCUT2D eigenvalue weighted by molar-refractivity contribution is 8.76. The number of imidazole rings is 1. The van der Waals surface area contributed by atoms with Gasteiger partial charge >= 0.3 is 0 Å². The minimum absolute atomic E-state index is 0.0603. The van der Waals surface area contributed by atoms with Gasteiger partial charge in [-0.05, 0) is 18.8 Å². The molecular weight excluding hydrogens is 313 g/mol. The number of nitrogens with zero attached hydrogens (tertiary/aromatic N) is 2. The summed E-state index contributed by atoms with van der Waals surface area (Å²) < 4.78 is 20.4. The summed E-state index contributed by atoms with van der Waals surface area (Å²) in [7, 11) is 3.67. The topological polar surface area (TPSA) is 56.2 Å². The van der Waals surface area contributed by atoms with E-state index in [2.05, 4.69) is 18.8 Å². The number of rotatable bonds is 8. The molecule has 0 radical (unpaired) electrons. The van der Waals surface area contributed by atoms with E-state index < -0.39 is 0 Å². The van der Waals surface area contributed by atoms with E-state index in [1.165, 1.54) is 6.33 Å². The summed E-state index contributed by atoms with van der Waals surface area (Å²) in [5.74, 6) is 2.50. The lowest BCUT2D eigenvalue weighted by Gasteiger charge is -2.16. The Morgan fingerprint density at radius 1 is 1.62 bits per heavy atom. The van der Waals surface area contributed by atoms with Gasteiger partial charge in [-0.2, -0.15) is 0 Å². The third kappa shape index (κ3) is 3.92. The van der Waals surface area contributed by atoms with E-state index in [1.807, 2.05) is 21.6 Å². The zero-order valence-corrected chi connectivity index (χ0v) is 13.8. The van der Waals surface area contributed by atoms with E-state index in [9.17, 15) is 9.28 Å². The molecule has 1 aliphatic rings. The molecule has 0 aromatic carbocycles. The fourth-order valence-electron chi connectivity index (χ4n) is 2.28. The molecule has 0 saturated carbocycles. The number of aromatic nitrogens is 2. The van der Waals surface area contributed by atoms with E-state index in [1.54, 1.807) is 10.1 Å². The van der Waals surface area contributed by atoms with E-state index in [-0.39, 0.29) is 23.8 Å². The van der Waals surface area contributed by atoms with Crippen molar-refractivity contribution in [2.24, 2.45) is 5.92 Å². The first kappa shape index (κ1) is 16.6. The summed E-state index contributed by atoms with van der Waals surface area (Å²) in [4.78, 5) is 14.7. The van der Waals surface area contributed by atoms with Gasteiger partial charge in [0.15, 0.2) is 12.1 Å². The van der Waals surface area contributed by atoms with Crippen molar-refractivity contribution in [1.29, 1.82) is 0 Å². The average Bonchev–Trinajstić information content (AvgIpc) is 3.06. The molecule has 2 rings (SSSR count). The van der Waals surface area contributed by atoms with Crippen LogP contribution in [-0.4, -0.2) is 33.4 Å². The predicted octanol–water partition coefficient (Wildman–Crippen LogP) is 3.71. The lowest BCUT2D eigenvalue weighted by atomic mass is 10.1. The van der Waals surface area contributed by atoms with Crippen molar-refractivity contribution in [2.45, 2.75) is 39.0 Å². The molecule has 3 atom stereocenters. The van der Waals surface area contributed by atoms with Gasteiger partial charge in [0.1, 0.15) is 11.9 Å². The van der Waals surface area contributed by atoms with Gasteiger partial charge in [-0.3, -0.25) is 9.36 Å². The Morgan fingerprint density at radius 2 is 2.43 bits per heavy atom. The zero-order chi connectivity index (χ0) is 15.2. The second-order valence-electron chi connectivity index (χ2n) is 5.05. The Bertz CT molecular complexity index is 472. The molecule has 118 valence electrons. The molecule has 1 aliphatic heterocycles. The highest BCUT2D eigenvalue weighted by Gasteiger charge is 2.34. The highest BCUT2D eigenvalue weighted by atomic mass is 33.1. The van der Waals surface area contributed by atoms with Crippen LogP contribution < -0.4 is 5.54 Å². The van der Waals surface area contributed by atoms with Crippen molar-refractivity contribution in [2.75, 3.05) is 17.0 Å². The number of nitrogens with one attached hydrogen (secondary N) is 1. The first-order chi connectivity index (χ1) is 10.2. The summed E-state index contributed by atoms with van der Waals surface area (Å²) in [5, 5.41) is 0. The zero-order valence-electron chi connectivity index (χ0n) is 12.1. The molecule has 0 aliphatic carbocycles. The Kier molecular flexibility index (Phi) is 6.38. The van der Waals surface area contributed by atoms with Crippen molar-refractivity contribution in [3.63, 3.8) is 0 Å². The Morgan fingerprint density at radius 3 is 3.10 bits per heavy atom. The quantitative estimate of drug-likeness (QED) is 0.339. The number of hydrogen-bond acceptors (Lipinski definition) is 6. The largest absolute Gasteiger partial charge is 0.354 e. The fourth-order valence-corrected chi connectivity index (χ4v) is 4.75. The van der Waals surface area contributed by atoms with Crippen molar-refractivity contribution in [3.05, 3.63) is 12.0 Å². The van der Waals surface area contributed by atoms with E-state index >= 15 is 0 Å². The van der Waals surface area contributed by atoms with Crippen LogP contribution in [-0.2, 0) is 4.74 Å². The van der Waals surface area contributed by atoms with Gasteiger partial charge in [-0.15, -0.1) is 4.48 Å². The van der Waals surface area contributed by atoms with E-state index in [4.69, 9.17) is 4.74 Å². The Hall–Kier alpha value is -0.730.